The summed E-state index contributed by atoms with van der Waals surface area (Å²) in [6, 6.07) is 0. The first-order valence-corrected chi connectivity index (χ1v) is 6.69. The first kappa shape index (κ1) is 11.1. The van der Waals surface area contributed by atoms with Crippen molar-refractivity contribution in [2.45, 2.75) is 38.1 Å². The Balaban J connectivity index is 1.82. The number of aromatic nitrogens is 2. The monoisotopic (exact) mass is 234 g/mol. The fourth-order valence-corrected chi connectivity index (χ4v) is 3.45. The van der Waals surface area contributed by atoms with Gasteiger partial charge in [-0.15, -0.1) is 0 Å². The lowest BCUT2D eigenvalue weighted by Gasteiger charge is -2.42. The van der Waals surface area contributed by atoms with Crippen molar-refractivity contribution in [1.82, 2.24) is 15.1 Å². The van der Waals surface area contributed by atoms with Crippen molar-refractivity contribution in [2.75, 3.05) is 24.5 Å². The average Bonchev–Trinajstić information content (AvgIpc) is 2.86. The second kappa shape index (κ2) is 4.02. The van der Waals surface area contributed by atoms with Crippen molar-refractivity contribution < 1.29 is 0 Å². The van der Waals surface area contributed by atoms with Crippen LogP contribution in [0, 0.1) is 6.92 Å². The van der Waals surface area contributed by atoms with Gasteiger partial charge in [0.2, 0.25) is 0 Å². The molecule has 0 bridgehead atoms. The van der Waals surface area contributed by atoms with Crippen LogP contribution >= 0.6 is 0 Å². The van der Waals surface area contributed by atoms with Crippen LogP contribution in [0.25, 0.3) is 0 Å². The molecule has 94 valence electrons. The number of anilines is 1. The van der Waals surface area contributed by atoms with Gasteiger partial charge in [0.25, 0.3) is 0 Å². The molecule has 0 aromatic carbocycles. The third-order valence-corrected chi connectivity index (χ3v) is 4.26. The summed E-state index contributed by atoms with van der Waals surface area (Å²) in [5, 5.41) is 8.21. The summed E-state index contributed by atoms with van der Waals surface area (Å²) in [6.07, 6.45) is 7.59. The van der Waals surface area contributed by atoms with Gasteiger partial charge >= 0.3 is 0 Å². The van der Waals surface area contributed by atoms with E-state index in [9.17, 15) is 0 Å². The molecule has 2 aliphatic rings. The molecule has 3 rings (SSSR count). The predicted molar refractivity (Wildman–Crippen MR) is 69.4 cm³/mol. The molecular weight excluding hydrogens is 212 g/mol. The van der Waals surface area contributed by atoms with Crippen molar-refractivity contribution in [1.29, 1.82) is 0 Å². The minimum Gasteiger partial charge on any atom is -0.366 e. The maximum absolute atomic E-state index is 4.46. The Morgan fingerprint density at radius 3 is 2.76 bits per heavy atom. The molecule has 1 N–H and O–H groups in total. The topological polar surface area (TPSA) is 33.1 Å². The molecule has 0 atom stereocenters. The summed E-state index contributed by atoms with van der Waals surface area (Å²) < 4.78 is 1.92. The second-order valence-electron chi connectivity index (χ2n) is 5.61. The first-order chi connectivity index (χ1) is 8.19. The second-order valence-corrected chi connectivity index (χ2v) is 5.61. The van der Waals surface area contributed by atoms with E-state index in [1.165, 1.54) is 31.4 Å². The third kappa shape index (κ3) is 1.95. The standard InChI is InChI=1S/C13H22N4/c1-11-12(9-16(2)15-11)17-8-7-14-13(10-17)5-3-4-6-13/h9,14H,3-8,10H2,1-2H3. The fraction of sp³-hybridized carbons (Fsp3) is 0.769. The number of piperazine rings is 1. The Labute approximate surface area is 103 Å². The maximum Gasteiger partial charge on any atom is 0.0827 e. The molecule has 17 heavy (non-hydrogen) atoms. The Morgan fingerprint density at radius 2 is 2.12 bits per heavy atom. The lowest BCUT2D eigenvalue weighted by atomic mass is 9.94. The average molecular weight is 234 g/mol. The molecular formula is C13H22N4. The minimum atomic E-state index is 0.389. The van der Waals surface area contributed by atoms with Crippen molar-refractivity contribution in [2.24, 2.45) is 7.05 Å². The summed E-state index contributed by atoms with van der Waals surface area (Å²) >= 11 is 0. The van der Waals surface area contributed by atoms with Crippen molar-refractivity contribution in [3.05, 3.63) is 11.9 Å². The van der Waals surface area contributed by atoms with Crippen LogP contribution in [-0.2, 0) is 7.05 Å². The molecule has 4 heteroatoms. The highest BCUT2D eigenvalue weighted by atomic mass is 15.3. The van der Waals surface area contributed by atoms with E-state index >= 15 is 0 Å². The molecule has 1 aliphatic carbocycles. The number of hydrogen-bond acceptors (Lipinski definition) is 3. The van der Waals surface area contributed by atoms with Gasteiger partial charge < -0.3 is 10.2 Å². The number of hydrogen-bond donors (Lipinski definition) is 1. The zero-order chi connectivity index (χ0) is 11.9. The smallest absolute Gasteiger partial charge is 0.0827 e. The lowest BCUT2D eigenvalue weighted by Crippen LogP contribution is -2.59. The predicted octanol–water partition coefficient (Wildman–Crippen LogP) is 1.45. The van der Waals surface area contributed by atoms with Crippen molar-refractivity contribution >= 4 is 5.69 Å². The molecule has 1 spiro atoms. The van der Waals surface area contributed by atoms with Crippen LogP contribution in [0.3, 0.4) is 0 Å². The van der Waals surface area contributed by atoms with E-state index in [4.69, 9.17) is 0 Å². The summed E-state index contributed by atoms with van der Waals surface area (Å²) in [5.41, 5.74) is 2.86. The molecule has 0 radical (unpaired) electrons. The van der Waals surface area contributed by atoms with Gasteiger partial charge in [-0.05, 0) is 19.8 Å². The number of rotatable bonds is 1. The van der Waals surface area contributed by atoms with E-state index in [1.54, 1.807) is 0 Å². The first-order valence-electron chi connectivity index (χ1n) is 6.69. The van der Waals surface area contributed by atoms with Crippen LogP contribution in [0.2, 0.25) is 0 Å². The van der Waals surface area contributed by atoms with Crippen LogP contribution in [0.1, 0.15) is 31.4 Å². The van der Waals surface area contributed by atoms with E-state index in [0.717, 1.165) is 25.3 Å². The SMILES string of the molecule is Cc1nn(C)cc1N1CCNC2(CCCC2)C1. The molecule has 1 saturated carbocycles. The molecule has 1 aromatic rings. The summed E-state index contributed by atoms with van der Waals surface area (Å²) in [5.74, 6) is 0. The number of nitrogens with one attached hydrogen (secondary N) is 1. The minimum absolute atomic E-state index is 0.389. The van der Waals surface area contributed by atoms with Gasteiger partial charge in [-0.25, -0.2) is 0 Å². The fourth-order valence-electron chi connectivity index (χ4n) is 3.45. The molecule has 0 amide bonds. The van der Waals surface area contributed by atoms with Gasteiger partial charge in [-0.3, -0.25) is 4.68 Å². The molecule has 1 saturated heterocycles. The molecule has 1 aliphatic heterocycles. The normalized spacial score (nSPS) is 23.5. The number of nitrogens with zero attached hydrogens (tertiary/aromatic N) is 3. The molecule has 0 unspecified atom stereocenters. The van der Waals surface area contributed by atoms with E-state index in [2.05, 4.69) is 28.4 Å². The Hall–Kier alpha value is -1.03. The van der Waals surface area contributed by atoms with Crippen LogP contribution in [0.4, 0.5) is 5.69 Å². The van der Waals surface area contributed by atoms with E-state index in [1.807, 2.05) is 11.7 Å². The quantitative estimate of drug-likeness (QED) is 0.798. The van der Waals surface area contributed by atoms with Gasteiger partial charge in [-0.1, -0.05) is 12.8 Å². The summed E-state index contributed by atoms with van der Waals surface area (Å²) in [6.45, 7) is 5.47. The highest BCUT2D eigenvalue weighted by molar-refractivity contribution is 5.50. The Bertz CT molecular complexity index is 404. The Kier molecular flexibility index (Phi) is 2.62. The zero-order valence-electron chi connectivity index (χ0n) is 10.9. The zero-order valence-corrected chi connectivity index (χ0v) is 10.9. The van der Waals surface area contributed by atoms with Crippen LogP contribution in [-0.4, -0.2) is 35.0 Å². The van der Waals surface area contributed by atoms with Crippen molar-refractivity contribution in [3.8, 4) is 0 Å². The van der Waals surface area contributed by atoms with Crippen molar-refractivity contribution in [3.63, 3.8) is 0 Å². The van der Waals surface area contributed by atoms with Crippen LogP contribution in [0.15, 0.2) is 6.20 Å². The molecule has 2 fully saturated rings. The van der Waals surface area contributed by atoms with Gasteiger partial charge in [0.15, 0.2) is 0 Å². The molecule has 1 aromatic heterocycles. The highest BCUT2D eigenvalue weighted by Gasteiger charge is 2.38. The van der Waals surface area contributed by atoms with Gasteiger partial charge in [-0.2, -0.15) is 5.10 Å². The summed E-state index contributed by atoms with van der Waals surface area (Å²) in [7, 11) is 2.00. The highest BCUT2D eigenvalue weighted by Crippen LogP contribution is 2.34. The van der Waals surface area contributed by atoms with Crippen LogP contribution < -0.4 is 10.2 Å². The number of aryl methyl sites for hydroxylation is 2. The maximum atomic E-state index is 4.46. The summed E-state index contributed by atoms with van der Waals surface area (Å²) in [4.78, 5) is 2.52. The Morgan fingerprint density at radius 1 is 1.35 bits per heavy atom. The molecule has 2 heterocycles. The van der Waals surface area contributed by atoms with Gasteiger partial charge in [0, 0.05) is 38.4 Å². The van der Waals surface area contributed by atoms with E-state index < -0.39 is 0 Å². The molecule has 4 nitrogen and oxygen atoms in total. The lowest BCUT2D eigenvalue weighted by molar-refractivity contribution is 0.304. The van der Waals surface area contributed by atoms with E-state index in [0.29, 0.717) is 5.54 Å². The van der Waals surface area contributed by atoms with Crippen LogP contribution in [0.5, 0.6) is 0 Å². The van der Waals surface area contributed by atoms with Gasteiger partial charge in [0.05, 0.1) is 11.4 Å². The van der Waals surface area contributed by atoms with E-state index in [-0.39, 0.29) is 0 Å². The third-order valence-electron chi connectivity index (χ3n) is 4.26. The van der Waals surface area contributed by atoms with Gasteiger partial charge in [0.1, 0.15) is 0 Å². The largest absolute Gasteiger partial charge is 0.366 e.